The van der Waals surface area contributed by atoms with Gasteiger partial charge in [-0.05, 0) is 32.7 Å². The van der Waals surface area contributed by atoms with E-state index in [9.17, 15) is 4.79 Å². The van der Waals surface area contributed by atoms with E-state index >= 15 is 0 Å². The van der Waals surface area contributed by atoms with Gasteiger partial charge < -0.3 is 4.90 Å². The summed E-state index contributed by atoms with van der Waals surface area (Å²) < 4.78 is 0. The van der Waals surface area contributed by atoms with E-state index in [2.05, 4.69) is 21.8 Å². The second-order valence-corrected chi connectivity index (χ2v) is 7.30. The first-order valence-electron chi connectivity index (χ1n) is 7.67. The summed E-state index contributed by atoms with van der Waals surface area (Å²) in [6.45, 7) is 10.2. The number of aromatic nitrogens is 1. The van der Waals surface area contributed by atoms with Crippen molar-refractivity contribution in [3.05, 3.63) is 28.7 Å². The molecule has 1 aromatic rings. The minimum atomic E-state index is -0.147. The summed E-state index contributed by atoms with van der Waals surface area (Å²) in [5.74, 6) is 0.335. The van der Waals surface area contributed by atoms with Crippen LogP contribution in [0.4, 0.5) is 0 Å². The van der Waals surface area contributed by atoms with Crippen LogP contribution in [0.2, 0.25) is 0 Å². The standard InChI is InChI=1S/C16H23N3OS/c1-3-7-19-9-6-16(15(19)20)5-4-8-18(12-16)10-14-11-21-13(2)17-14/h3,11H,1,4-10,12H2,2H3/t16-/m1/s1. The maximum absolute atomic E-state index is 12.7. The Morgan fingerprint density at radius 1 is 1.48 bits per heavy atom. The van der Waals surface area contributed by atoms with Crippen molar-refractivity contribution in [3.8, 4) is 0 Å². The molecule has 1 aromatic heterocycles. The fourth-order valence-electron chi connectivity index (χ4n) is 3.67. The molecule has 1 amide bonds. The third-order valence-corrected chi connectivity index (χ3v) is 5.48. The molecule has 0 aliphatic carbocycles. The van der Waals surface area contributed by atoms with Crippen molar-refractivity contribution in [2.45, 2.75) is 32.7 Å². The van der Waals surface area contributed by atoms with Gasteiger partial charge in [0.1, 0.15) is 0 Å². The number of carbonyl (C=O) groups is 1. The number of amides is 1. The largest absolute Gasteiger partial charge is 0.338 e. The van der Waals surface area contributed by atoms with Crippen molar-refractivity contribution < 1.29 is 4.79 Å². The second-order valence-electron chi connectivity index (χ2n) is 6.24. The van der Waals surface area contributed by atoms with Gasteiger partial charge in [-0.2, -0.15) is 0 Å². The van der Waals surface area contributed by atoms with Crippen LogP contribution in [0.15, 0.2) is 18.0 Å². The molecule has 0 aromatic carbocycles. The van der Waals surface area contributed by atoms with E-state index in [0.29, 0.717) is 12.5 Å². The van der Waals surface area contributed by atoms with Crippen LogP contribution in [-0.2, 0) is 11.3 Å². The highest BCUT2D eigenvalue weighted by Gasteiger charge is 2.48. The lowest BCUT2D eigenvalue weighted by Gasteiger charge is -2.38. The molecule has 2 aliphatic heterocycles. The van der Waals surface area contributed by atoms with E-state index in [4.69, 9.17) is 0 Å². The molecule has 1 spiro atoms. The van der Waals surface area contributed by atoms with E-state index in [1.165, 1.54) is 0 Å². The van der Waals surface area contributed by atoms with E-state index < -0.39 is 0 Å². The summed E-state index contributed by atoms with van der Waals surface area (Å²) in [4.78, 5) is 21.6. The number of thiazole rings is 1. The minimum absolute atomic E-state index is 0.147. The van der Waals surface area contributed by atoms with Crippen LogP contribution in [0.25, 0.3) is 0 Å². The summed E-state index contributed by atoms with van der Waals surface area (Å²) in [5, 5.41) is 3.25. The Bertz CT molecular complexity index is 541. The summed E-state index contributed by atoms with van der Waals surface area (Å²) in [7, 11) is 0. The smallest absolute Gasteiger partial charge is 0.230 e. The lowest BCUT2D eigenvalue weighted by Crippen LogP contribution is -2.47. The number of aryl methyl sites for hydroxylation is 1. The predicted molar refractivity (Wildman–Crippen MR) is 85.2 cm³/mol. The Kier molecular flexibility index (Phi) is 4.13. The maximum atomic E-state index is 12.7. The molecule has 0 unspecified atom stereocenters. The van der Waals surface area contributed by atoms with Gasteiger partial charge in [-0.15, -0.1) is 17.9 Å². The molecule has 1 atom stereocenters. The Labute approximate surface area is 130 Å². The highest BCUT2D eigenvalue weighted by Crippen LogP contribution is 2.40. The molecule has 0 bridgehead atoms. The molecule has 5 heteroatoms. The fourth-order valence-corrected chi connectivity index (χ4v) is 4.28. The number of rotatable bonds is 4. The summed E-state index contributed by atoms with van der Waals surface area (Å²) >= 11 is 1.70. The lowest BCUT2D eigenvalue weighted by molar-refractivity contribution is -0.138. The van der Waals surface area contributed by atoms with Gasteiger partial charge in [0, 0.05) is 31.6 Å². The Hall–Kier alpha value is -1.20. The highest BCUT2D eigenvalue weighted by molar-refractivity contribution is 7.09. The van der Waals surface area contributed by atoms with Gasteiger partial charge in [0.15, 0.2) is 0 Å². The van der Waals surface area contributed by atoms with Gasteiger partial charge in [-0.3, -0.25) is 9.69 Å². The maximum Gasteiger partial charge on any atom is 0.230 e. The molecule has 4 nitrogen and oxygen atoms in total. The third kappa shape index (κ3) is 2.90. The van der Waals surface area contributed by atoms with Crippen LogP contribution in [0, 0.1) is 12.3 Å². The third-order valence-electron chi connectivity index (χ3n) is 4.66. The quantitative estimate of drug-likeness (QED) is 0.802. The van der Waals surface area contributed by atoms with Crippen molar-refractivity contribution in [2.24, 2.45) is 5.41 Å². The van der Waals surface area contributed by atoms with Crippen LogP contribution in [0.1, 0.15) is 30.0 Å². The van der Waals surface area contributed by atoms with Gasteiger partial charge in [-0.25, -0.2) is 4.98 Å². The topological polar surface area (TPSA) is 36.4 Å². The Morgan fingerprint density at radius 2 is 2.33 bits per heavy atom. The molecule has 3 heterocycles. The average molecular weight is 305 g/mol. The highest BCUT2D eigenvalue weighted by atomic mass is 32.1. The van der Waals surface area contributed by atoms with Gasteiger partial charge in [-0.1, -0.05) is 6.08 Å². The molecule has 0 N–H and O–H groups in total. The monoisotopic (exact) mass is 305 g/mol. The SMILES string of the molecule is C=CCN1CC[C@@]2(CCCN(Cc3csc(C)n3)C2)C1=O. The van der Waals surface area contributed by atoms with Crippen molar-refractivity contribution in [3.63, 3.8) is 0 Å². The van der Waals surface area contributed by atoms with Crippen LogP contribution >= 0.6 is 11.3 Å². The van der Waals surface area contributed by atoms with Gasteiger partial charge in [0.25, 0.3) is 0 Å². The number of hydrogen-bond donors (Lipinski definition) is 0. The van der Waals surface area contributed by atoms with Crippen molar-refractivity contribution in [1.29, 1.82) is 0 Å². The molecule has 2 aliphatic rings. The van der Waals surface area contributed by atoms with Crippen LogP contribution in [-0.4, -0.2) is 46.9 Å². The molecule has 3 rings (SSSR count). The van der Waals surface area contributed by atoms with Crippen molar-refractivity contribution in [1.82, 2.24) is 14.8 Å². The van der Waals surface area contributed by atoms with Gasteiger partial charge >= 0.3 is 0 Å². The minimum Gasteiger partial charge on any atom is -0.338 e. The summed E-state index contributed by atoms with van der Waals surface area (Å²) in [5.41, 5.74) is 0.995. The van der Waals surface area contributed by atoms with Crippen molar-refractivity contribution >= 4 is 17.2 Å². The first kappa shape index (κ1) is 14.7. The molecular weight excluding hydrogens is 282 g/mol. The zero-order valence-corrected chi connectivity index (χ0v) is 13.5. The zero-order valence-electron chi connectivity index (χ0n) is 12.7. The Morgan fingerprint density at radius 3 is 3.05 bits per heavy atom. The van der Waals surface area contributed by atoms with Gasteiger partial charge in [0.2, 0.25) is 5.91 Å². The molecule has 0 radical (unpaired) electrons. The zero-order chi connectivity index (χ0) is 14.9. The van der Waals surface area contributed by atoms with Crippen LogP contribution in [0.3, 0.4) is 0 Å². The van der Waals surface area contributed by atoms with E-state index in [-0.39, 0.29) is 5.41 Å². The summed E-state index contributed by atoms with van der Waals surface area (Å²) in [6, 6.07) is 0. The number of piperidine rings is 1. The normalized spacial score (nSPS) is 26.7. The van der Waals surface area contributed by atoms with Crippen LogP contribution < -0.4 is 0 Å². The number of likely N-dealkylation sites (tertiary alicyclic amines) is 2. The van der Waals surface area contributed by atoms with E-state index in [1.54, 1.807) is 11.3 Å². The number of nitrogens with zero attached hydrogens (tertiary/aromatic N) is 3. The van der Waals surface area contributed by atoms with Crippen LogP contribution in [0.5, 0.6) is 0 Å². The van der Waals surface area contributed by atoms with Gasteiger partial charge in [0.05, 0.1) is 16.1 Å². The molecule has 2 fully saturated rings. The predicted octanol–water partition coefficient (Wildman–Crippen LogP) is 2.45. The second kappa shape index (κ2) is 5.89. The molecular formula is C16H23N3OS. The van der Waals surface area contributed by atoms with Crippen molar-refractivity contribution in [2.75, 3.05) is 26.2 Å². The molecule has 114 valence electrons. The molecule has 2 saturated heterocycles. The Balaban J connectivity index is 1.68. The fraction of sp³-hybridized carbons (Fsp3) is 0.625. The first-order chi connectivity index (χ1) is 10.1. The number of carbonyl (C=O) groups excluding carboxylic acids is 1. The lowest BCUT2D eigenvalue weighted by atomic mass is 9.78. The molecule has 0 saturated carbocycles. The number of hydrogen-bond acceptors (Lipinski definition) is 4. The molecule has 21 heavy (non-hydrogen) atoms. The van der Waals surface area contributed by atoms with E-state index in [0.717, 1.165) is 56.1 Å². The van der Waals surface area contributed by atoms with E-state index in [1.807, 2.05) is 17.9 Å². The average Bonchev–Trinajstić information content (AvgIpc) is 2.99. The summed E-state index contributed by atoms with van der Waals surface area (Å²) in [6.07, 6.45) is 4.96. The first-order valence-corrected chi connectivity index (χ1v) is 8.54.